The summed E-state index contributed by atoms with van der Waals surface area (Å²) < 4.78 is 5.39. The summed E-state index contributed by atoms with van der Waals surface area (Å²) in [5, 5.41) is 0. The van der Waals surface area contributed by atoms with Crippen molar-refractivity contribution in [2.24, 2.45) is 0 Å². The molecule has 0 N–H and O–H groups in total. The van der Waals surface area contributed by atoms with Gasteiger partial charge in [0, 0.05) is 20.6 Å². The van der Waals surface area contributed by atoms with E-state index in [0.29, 0.717) is 13.0 Å². The highest BCUT2D eigenvalue weighted by Gasteiger charge is 2.38. The monoisotopic (exact) mass is 316 g/mol. The summed E-state index contributed by atoms with van der Waals surface area (Å²) in [4.78, 5) is 27.8. The van der Waals surface area contributed by atoms with E-state index in [9.17, 15) is 9.59 Å². The Labute approximate surface area is 137 Å². The van der Waals surface area contributed by atoms with Gasteiger partial charge in [-0.25, -0.2) is 4.79 Å². The minimum Gasteiger partial charge on any atom is -0.445 e. The van der Waals surface area contributed by atoms with Crippen LogP contribution in [0.2, 0.25) is 0 Å². The van der Waals surface area contributed by atoms with Crippen molar-refractivity contribution in [3.05, 3.63) is 47.5 Å². The fourth-order valence-corrected chi connectivity index (χ4v) is 2.70. The first kappa shape index (κ1) is 17.1. The van der Waals surface area contributed by atoms with Crippen molar-refractivity contribution in [3.63, 3.8) is 0 Å². The molecule has 1 fully saturated rings. The zero-order valence-corrected chi connectivity index (χ0v) is 14.0. The van der Waals surface area contributed by atoms with Gasteiger partial charge >= 0.3 is 6.09 Å². The molecule has 0 radical (unpaired) electrons. The summed E-state index contributed by atoms with van der Waals surface area (Å²) >= 11 is 0. The van der Waals surface area contributed by atoms with E-state index in [2.05, 4.69) is 6.08 Å². The number of nitrogens with zero attached hydrogens (tertiary/aromatic N) is 2. The van der Waals surface area contributed by atoms with Crippen LogP contribution in [0.1, 0.15) is 25.3 Å². The minimum absolute atomic E-state index is 0.0684. The lowest BCUT2D eigenvalue weighted by Gasteiger charge is -2.25. The second-order valence-electron chi connectivity index (χ2n) is 5.89. The van der Waals surface area contributed by atoms with Gasteiger partial charge in [-0.1, -0.05) is 48.9 Å². The fraction of sp³-hybridized carbons (Fsp3) is 0.444. The molecule has 0 bridgehead atoms. The van der Waals surface area contributed by atoms with E-state index in [1.165, 1.54) is 9.80 Å². The maximum absolute atomic E-state index is 12.4. The Kier molecular flexibility index (Phi) is 5.79. The van der Waals surface area contributed by atoms with Crippen molar-refractivity contribution >= 4 is 12.0 Å². The summed E-state index contributed by atoms with van der Waals surface area (Å²) in [6.45, 7) is 2.73. The largest absolute Gasteiger partial charge is 0.445 e. The predicted octanol–water partition coefficient (Wildman–Crippen LogP) is 2.82. The Bertz CT molecular complexity index is 581. The highest BCUT2D eigenvalue weighted by Crippen LogP contribution is 2.25. The molecule has 1 unspecified atom stereocenters. The number of carbonyl (C=O) groups excluding carboxylic acids is 2. The highest BCUT2D eigenvalue weighted by atomic mass is 16.6. The fourth-order valence-electron chi connectivity index (χ4n) is 2.70. The van der Waals surface area contributed by atoms with Gasteiger partial charge in [0.05, 0.1) is 0 Å². The van der Waals surface area contributed by atoms with Crippen molar-refractivity contribution < 1.29 is 14.3 Å². The normalized spacial score (nSPS) is 19.0. The van der Waals surface area contributed by atoms with Gasteiger partial charge in [0.1, 0.15) is 12.6 Å². The zero-order valence-electron chi connectivity index (χ0n) is 14.0. The maximum atomic E-state index is 12.4. The molecule has 23 heavy (non-hydrogen) atoms. The minimum atomic E-state index is -0.467. The first-order chi connectivity index (χ1) is 11.0. The first-order valence-corrected chi connectivity index (χ1v) is 7.89. The smallest absolute Gasteiger partial charge is 0.411 e. The molecule has 1 saturated heterocycles. The number of hydrogen-bond donors (Lipinski definition) is 0. The number of hydrogen-bond acceptors (Lipinski definition) is 3. The Morgan fingerprint density at radius 2 is 2.00 bits per heavy atom. The molecule has 0 aliphatic carbocycles. The van der Waals surface area contributed by atoms with E-state index in [0.717, 1.165) is 17.6 Å². The van der Waals surface area contributed by atoms with E-state index in [1.807, 2.05) is 37.3 Å². The van der Waals surface area contributed by atoms with Crippen molar-refractivity contribution in [1.29, 1.82) is 0 Å². The van der Waals surface area contributed by atoms with Gasteiger partial charge in [-0.3, -0.25) is 9.69 Å². The summed E-state index contributed by atoms with van der Waals surface area (Å²) in [5.74, 6) is -0.0684. The second kappa shape index (κ2) is 7.81. The molecule has 1 aliphatic heterocycles. The van der Waals surface area contributed by atoms with E-state index < -0.39 is 12.1 Å². The lowest BCUT2D eigenvalue weighted by atomic mass is 10.1. The summed E-state index contributed by atoms with van der Waals surface area (Å²) in [7, 11) is 3.41. The van der Waals surface area contributed by atoms with Crippen LogP contribution in [0, 0.1) is 0 Å². The molecule has 5 nitrogen and oxygen atoms in total. The Balaban J connectivity index is 2.05. The van der Waals surface area contributed by atoms with Crippen molar-refractivity contribution in [1.82, 2.24) is 9.80 Å². The SMILES string of the molecule is CC/C=C1\CC(C(=O)N(C)C)N(C(=O)OCc2ccccc2)C1. The van der Waals surface area contributed by atoms with Crippen LogP contribution in [-0.2, 0) is 16.1 Å². The maximum Gasteiger partial charge on any atom is 0.411 e. The number of ether oxygens (including phenoxy) is 1. The molecule has 0 aromatic heterocycles. The molecule has 2 rings (SSSR count). The number of amides is 2. The highest BCUT2D eigenvalue weighted by molar-refractivity contribution is 5.86. The predicted molar refractivity (Wildman–Crippen MR) is 88.8 cm³/mol. The van der Waals surface area contributed by atoms with Crippen LogP contribution >= 0.6 is 0 Å². The standard InChI is InChI=1S/C18H24N2O3/c1-4-8-15-11-16(17(21)19(2)3)20(12-15)18(22)23-13-14-9-6-5-7-10-14/h5-10,16H,4,11-13H2,1-3H3/b15-8+. The number of benzene rings is 1. The van der Waals surface area contributed by atoms with Crippen LogP contribution in [0.4, 0.5) is 4.79 Å². The number of allylic oxidation sites excluding steroid dienone is 1. The van der Waals surface area contributed by atoms with Crippen LogP contribution in [0.15, 0.2) is 42.0 Å². The van der Waals surface area contributed by atoms with Crippen LogP contribution in [0.3, 0.4) is 0 Å². The van der Waals surface area contributed by atoms with E-state index in [4.69, 9.17) is 4.74 Å². The van der Waals surface area contributed by atoms with Crippen molar-refractivity contribution in [2.75, 3.05) is 20.6 Å². The van der Waals surface area contributed by atoms with Crippen molar-refractivity contribution in [2.45, 2.75) is 32.4 Å². The third-order valence-corrected chi connectivity index (χ3v) is 3.86. The van der Waals surface area contributed by atoms with Crippen molar-refractivity contribution in [3.8, 4) is 0 Å². The summed E-state index contributed by atoms with van der Waals surface area (Å²) in [6, 6.07) is 9.06. The molecule has 0 spiro atoms. The molecule has 1 aliphatic rings. The molecule has 2 amide bonds. The lowest BCUT2D eigenvalue weighted by molar-refractivity contribution is -0.133. The van der Waals surface area contributed by atoms with Crippen LogP contribution in [0.25, 0.3) is 0 Å². The zero-order chi connectivity index (χ0) is 16.8. The summed E-state index contributed by atoms with van der Waals surface area (Å²) in [6.07, 6.45) is 3.13. The number of carbonyl (C=O) groups is 2. The molecular formula is C18H24N2O3. The van der Waals surface area contributed by atoms with E-state index in [1.54, 1.807) is 14.1 Å². The van der Waals surface area contributed by atoms with Gasteiger partial charge in [0.2, 0.25) is 5.91 Å². The summed E-state index contributed by atoms with van der Waals surface area (Å²) in [5.41, 5.74) is 2.05. The quantitative estimate of drug-likeness (QED) is 0.803. The Morgan fingerprint density at radius 3 is 2.61 bits per heavy atom. The molecule has 124 valence electrons. The average Bonchev–Trinajstić information content (AvgIpc) is 2.97. The molecule has 1 heterocycles. The van der Waals surface area contributed by atoms with E-state index in [-0.39, 0.29) is 12.5 Å². The topological polar surface area (TPSA) is 49.9 Å². The Morgan fingerprint density at radius 1 is 1.30 bits per heavy atom. The van der Waals surface area contributed by atoms with Gasteiger partial charge < -0.3 is 9.64 Å². The number of likely N-dealkylation sites (N-methyl/N-ethyl adjacent to an activating group) is 1. The number of likely N-dealkylation sites (tertiary alicyclic amines) is 1. The molecule has 1 atom stereocenters. The second-order valence-corrected chi connectivity index (χ2v) is 5.89. The van der Waals surface area contributed by atoms with Crippen LogP contribution in [-0.4, -0.2) is 48.5 Å². The molecule has 1 aromatic carbocycles. The van der Waals surface area contributed by atoms with Gasteiger partial charge in [-0.15, -0.1) is 0 Å². The molecule has 0 saturated carbocycles. The molecule has 5 heteroatoms. The third-order valence-electron chi connectivity index (χ3n) is 3.86. The average molecular weight is 316 g/mol. The van der Waals surface area contributed by atoms with Gasteiger partial charge in [0.25, 0.3) is 0 Å². The van der Waals surface area contributed by atoms with Gasteiger partial charge in [-0.05, 0) is 18.4 Å². The lowest BCUT2D eigenvalue weighted by Crippen LogP contribution is -2.45. The van der Waals surface area contributed by atoms with Gasteiger partial charge in [-0.2, -0.15) is 0 Å². The number of rotatable bonds is 4. The van der Waals surface area contributed by atoms with E-state index >= 15 is 0 Å². The Hall–Kier alpha value is -2.30. The van der Waals surface area contributed by atoms with Crippen LogP contribution < -0.4 is 0 Å². The third kappa shape index (κ3) is 4.34. The first-order valence-electron chi connectivity index (χ1n) is 7.89. The molecule has 1 aromatic rings. The van der Waals surface area contributed by atoms with Crippen LogP contribution in [0.5, 0.6) is 0 Å². The van der Waals surface area contributed by atoms with Gasteiger partial charge in [0.15, 0.2) is 0 Å². The molecular weight excluding hydrogens is 292 g/mol.